The highest BCUT2D eigenvalue weighted by Crippen LogP contribution is 2.17. The number of hydrogen-bond donors (Lipinski definition) is 1. The zero-order valence-electron chi connectivity index (χ0n) is 11.7. The molecule has 106 valence electrons. The number of nitrogens with zero attached hydrogens (tertiary/aromatic N) is 2. The van der Waals surface area contributed by atoms with Crippen molar-refractivity contribution < 1.29 is 4.79 Å². The number of rotatable bonds is 6. The summed E-state index contributed by atoms with van der Waals surface area (Å²) >= 11 is 0. The number of amides is 1. The van der Waals surface area contributed by atoms with E-state index in [1.807, 2.05) is 30.3 Å². The molecule has 4 nitrogen and oxygen atoms in total. The number of carbonyl (C=O) groups is 1. The van der Waals surface area contributed by atoms with E-state index in [-0.39, 0.29) is 12.5 Å². The molecule has 0 atom stereocenters. The molecular formula is C16H21N3O. The van der Waals surface area contributed by atoms with E-state index in [0.717, 1.165) is 18.4 Å². The van der Waals surface area contributed by atoms with Gasteiger partial charge in [-0.15, -0.1) is 0 Å². The summed E-state index contributed by atoms with van der Waals surface area (Å²) < 4.78 is 0. The van der Waals surface area contributed by atoms with E-state index < -0.39 is 0 Å². The lowest BCUT2D eigenvalue weighted by molar-refractivity contribution is -0.130. The van der Waals surface area contributed by atoms with Crippen molar-refractivity contribution in [2.45, 2.75) is 38.3 Å². The molecule has 4 heteroatoms. The lowest BCUT2D eigenvalue weighted by Gasteiger charge is -2.21. The smallest absolute Gasteiger partial charge is 0.237 e. The van der Waals surface area contributed by atoms with Crippen LogP contribution in [0.3, 0.4) is 0 Å². The minimum absolute atomic E-state index is 0.00213. The predicted molar refractivity (Wildman–Crippen MR) is 77.7 cm³/mol. The zero-order chi connectivity index (χ0) is 14.2. The van der Waals surface area contributed by atoms with Gasteiger partial charge in [-0.1, -0.05) is 43.2 Å². The fraction of sp³-hybridized carbons (Fsp3) is 0.500. The van der Waals surface area contributed by atoms with Crippen molar-refractivity contribution in [2.24, 2.45) is 0 Å². The molecule has 1 N–H and O–H groups in total. The van der Waals surface area contributed by atoms with Gasteiger partial charge in [-0.25, -0.2) is 0 Å². The van der Waals surface area contributed by atoms with Crippen LogP contribution in [-0.4, -0.2) is 29.9 Å². The van der Waals surface area contributed by atoms with Gasteiger partial charge in [0.05, 0.1) is 12.6 Å². The molecule has 1 aromatic rings. The van der Waals surface area contributed by atoms with Gasteiger partial charge in [-0.3, -0.25) is 4.79 Å². The summed E-state index contributed by atoms with van der Waals surface area (Å²) in [4.78, 5) is 13.8. The molecule has 0 heterocycles. The maximum absolute atomic E-state index is 12.2. The molecule has 0 aliphatic heterocycles. The van der Waals surface area contributed by atoms with Crippen molar-refractivity contribution in [1.29, 1.82) is 5.26 Å². The second-order valence-corrected chi connectivity index (χ2v) is 5.26. The van der Waals surface area contributed by atoms with Gasteiger partial charge in [0.2, 0.25) is 5.91 Å². The van der Waals surface area contributed by atoms with Crippen LogP contribution in [-0.2, 0) is 11.3 Å². The van der Waals surface area contributed by atoms with Crippen LogP contribution >= 0.6 is 0 Å². The van der Waals surface area contributed by atoms with Crippen LogP contribution in [0.15, 0.2) is 30.3 Å². The number of hydrogen-bond acceptors (Lipinski definition) is 3. The van der Waals surface area contributed by atoms with E-state index in [0.29, 0.717) is 19.1 Å². The Labute approximate surface area is 120 Å². The Balaban J connectivity index is 1.86. The summed E-state index contributed by atoms with van der Waals surface area (Å²) in [6.07, 6.45) is 4.81. The summed E-state index contributed by atoms with van der Waals surface area (Å²) in [5.41, 5.74) is 1.05. The molecule has 0 radical (unpaired) electrons. The molecule has 0 unspecified atom stereocenters. The SMILES string of the molecule is N#CCN(Cc1ccccc1)C(=O)CNC1CCCC1. The van der Waals surface area contributed by atoms with Crippen LogP contribution in [0.1, 0.15) is 31.2 Å². The molecule has 1 fully saturated rings. The fourth-order valence-corrected chi connectivity index (χ4v) is 2.59. The average Bonchev–Trinajstić information content (AvgIpc) is 2.99. The molecular weight excluding hydrogens is 250 g/mol. The minimum Gasteiger partial charge on any atom is -0.324 e. The normalized spacial score (nSPS) is 14.9. The van der Waals surface area contributed by atoms with Crippen molar-refractivity contribution in [3.8, 4) is 6.07 Å². The van der Waals surface area contributed by atoms with E-state index in [4.69, 9.17) is 5.26 Å². The second-order valence-electron chi connectivity index (χ2n) is 5.26. The number of nitrogens with one attached hydrogen (secondary N) is 1. The topological polar surface area (TPSA) is 56.1 Å². The molecule has 1 aliphatic carbocycles. The molecule has 0 aromatic heterocycles. The third kappa shape index (κ3) is 4.36. The Bertz CT molecular complexity index is 460. The third-order valence-electron chi connectivity index (χ3n) is 3.73. The molecule has 20 heavy (non-hydrogen) atoms. The van der Waals surface area contributed by atoms with Crippen LogP contribution in [0.2, 0.25) is 0 Å². The molecule has 0 bridgehead atoms. The van der Waals surface area contributed by atoms with Gasteiger partial charge < -0.3 is 10.2 Å². The van der Waals surface area contributed by atoms with E-state index in [9.17, 15) is 4.79 Å². The molecule has 1 saturated carbocycles. The van der Waals surface area contributed by atoms with Crippen LogP contribution in [0.4, 0.5) is 0 Å². The summed E-state index contributed by atoms with van der Waals surface area (Å²) in [5, 5.41) is 12.2. The Morgan fingerprint density at radius 2 is 2.00 bits per heavy atom. The highest BCUT2D eigenvalue weighted by molar-refractivity contribution is 5.78. The minimum atomic E-state index is 0.00213. The number of carbonyl (C=O) groups excluding carboxylic acids is 1. The van der Waals surface area contributed by atoms with Gasteiger partial charge in [-0.05, 0) is 18.4 Å². The zero-order valence-corrected chi connectivity index (χ0v) is 11.7. The Kier molecular flexibility index (Phi) is 5.57. The van der Waals surface area contributed by atoms with Crippen molar-refractivity contribution in [1.82, 2.24) is 10.2 Å². The van der Waals surface area contributed by atoms with Crippen LogP contribution in [0, 0.1) is 11.3 Å². The van der Waals surface area contributed by atoms with Gasteiger partial charge in [0.1, 0.15) is 6.54 Å². The van der Waals surface area contributed by atoms with E-state index in [2.05, 4.69) is 11.4 Å². The first-order chi connectivity index (χ1) is 9.79. The van der Waals surface area contributed by atoms with Crippen molar-refractivity contribution in [3.05, 3.63) is 35.9 Å². The number of nitriles is 1. The first-order valence-electron chi connectivity index (χ1n) is 7.21. The standard InChI is InChI=1S/C16H21N3O/c17-10-11-19(13-14-6-2-1-3-7-14)16(20)12-18-15-8-4-5-9-15/h1-3,6-7,15,18H,4-5,8-9,11-13H2. The van der Waals surface area contributed by atoms with Crippen LogP contribution < -0.4 is 5.32 Å². The summed E-state index contributed by atoms with van der Waals surface area (Å²) in [5.74, 6) is 0.00213. The van der Waals surface area contributed by atoms with E-state index in [1.165, 1.54) is 12.8 Å². The lowest BCUT2D eigenvalue weighted by Crippen LogP contribution is -2.40. The number of benzene rings is 1. The van der Waals surface area contributed by atoms with Gasteiger partial charge in [0.25, 0.3) is 0 Å². The summed E-state index contributed by atoms with van der Waals surface area (Å²) in [7, 11) is 0. The third-order valence-corrected chi connectivity index (χ3v) is 3.73. The Hall–Kier alpha value is -1.86. The van der Waals surface area contributed by atoms with Gasteiger partial charge >= 0.3 is 0 Å². The highest BCUT2D eigenvalue weighted by atomic mass is 16.2. The van der Waals surface area contributed by atoms with Crippen LogP contribution in [0.5, 0.6) is 0 Å². The Morgan fingerprint density at radius 3 is 2.65 bits per heavy atom. The summed E-state index contributed by atoms with van der Waals surface area (Å²) in [6.45, 7) is 0.971. The first-order valence-corrected chi connectivity index (χ1v) is 7.21. The molecule has 0 spiro atoms. The molecule has 2 rings (SSSR count). The highest BCUT2D eigenvalue weighted by Gasteiger charge is 2.18. The lowest BCUT2D eigenvalue weighted by atomic mass is 10.2. The van der Waals surface area contributed by atoms with Crippen LogP contribution in [0.25, 0.3) is 0 Å². The maximum atomic E-state index is 12.2. The monoisotopic (exact) mass is 271 g/mol. The van der Waals surface area contributed by atoms with Gasteiger partial charge in [-0.2, -0.15) is 5.26 Å². The fourth-order valence-electron chi connectivity index (χ4n) is 2.59. The predicted octanol–water partition coefficient (Wildman–Crippen LogP) is 2.07. The van der Waals surface area contributed by atoms with Crippen molar-refractivity contribution >= 4 is 5.91 Å². The quantitative estimate of drug-likeness (QED) is 0.806. The largest absolute Gasteiger partial charge is 0.324 e. The first kappa shape index (κ1) is 14.5. The van der Waals surface area contributed by atoms with Crippen molar-refractivity contribution in [3.63, 3.8) is 0 Å². The molecule has 0 saturated heterocycles. The summed E-state index contributed by atoms with van der Waals surface area (Å²) in [6, 6.07) is 12.3. The average molecular weight is 271 g/mol. The van der Waals surface area contributed by atoms with Gasteiger partial charge in [0.15, 0.2) is 0 Å². The molecule has 1 aliphatic rings. The molecule has 1 aromatic carbocycles. The Morgan fingerprint density at radius 1 is 1.30 bits per heavy atom. The van der Waals surface area contributed by atoms with Gasteiger partial charge in [0, 0.05) is 12.6 Å². The van der Waals surface area contributed by atoms with E-state index >= 15 is 0 Å². The maximum Gasteiger partial charge on any atom is 0.237 e. The van der Waals surface area contributed by atoms with Crippen molar-refractivity contribution in [2.75, 3.05) is 13.1 Å². The molecule has 1 amide bonds. The van der Waals surface area contributed by atoms with E-state index in [1.54, 1.807) is 4.90 Å². The second kappa shape index (κ2) is 7.66.